The number of nitrogens with one attached hydrogen (secondary N) is 2. The zero-order valence-electron chi connectivity index (χ0n) is 18.6. The number of hydrogen-bond acceptors (Lipinski definition) is 4. The van der Waals surface area contributed by atoms with Gasteiger partial charge >= 0.3 is 0 Å². The lowest BCUT2D eigenvalue weighted by atomic mass is 10.0. The number of rotatable bonds is 13. The summed E-state index contributed by atoms with van der Waals surface area (Å²) >= 11 is 0. The maximum Gasteiger partial charge on any atom is 0.191 e. The molecule has 0 radical (unpaired) electrons. The summed E-state index contributed by atoms with van der Waals surface area (Å²) in [6, 6.07) is 10.00. The maximum absolute atomic E-state index is 10.2. The maximum atomic E-state index is 10.2. The molecular formula is C22H40IN3O3. The molecule has 7 heteroatoms. The van der Waals surface area contributed by atoms with E-state index in [9.17, 15) is 5.11 Å². The molecule has 29 heavy (non-hydrogen) atoms. The van der Waals surface area contributed by atoms with Gasteiger partial charge in [-0.25, -0.2) is 0 Å². The van der Waals surface area contributed by atoms with Crippen molar-refractivity contribution in [2.45, 2.75) is 59.4 Å². The summed E-state index contributed by atoms with van der Waals surface area (Å²) in [6.07, 6.45) is 0.445. The van der Waals surface area contributed by atoms with Crippen molar-refractivity contribution in [1.29, 1.82) is 0 Å². The number of guanidine groups is 1. The molecule has 0 saturated carbocycles. The molecule has 6 nitrogen and oxygen atoms in total. The second kappa shape index (κ2) is 16.8. The van der Waals surface area contributed by atoms with E-state index in [0.29, 0.717) is 11.9 Å². The monoisotopic (exact) mass is 521 g/mol. The van der Waals surface area contributed by atoms with E-state index in [0.717, 1.165) is 31.7 Å². The smallest absolute Gasteiger partial charge is 0.191 e. The molecule has 0 heterocycles. The largest absolute Gasteiger partial charge is 0.389 e. The van der Waals surface area contributed by atoms with E-state index >= 15 is 0 Å². The van der Waals surface area contributed by atoms with Crippen LogP contribution in [0.2, 0.25) is 0 Å². The van der Waals surface area contributed by atoms with E-state index in [1.807, 2.05) is 51.1 Å². The van der Waals surface area contributed by atoms with Crippen LogP contribution in [0.5, 0.6) is 0 Å². The van der Waals surface area contributed by atoms with Crippen LogP contribution in [-0.4, -0.2) is 56.1 Å². The van der Waals surface area contributed by atoms with E-state index < -0.39 is 6.10 Å². The molecule has 1 aromatic carbocycles. The first-order valence-electron chi connectivity index (χ1n) is 10.5. The second-order valence-electron chi connectivity index (χ2n) is 7.21. The fourth-order valence-corrected chi connectivity index (χ4v) is 2.82. The SMILES string of the molecule is CCNC(=NCC(O)COC(C)c1ccccc1)NCCC(OCC)C(C)C.I. The Morgan fingerprint density at radius 3 is 2.34 bits per heavy atom. The van der Waals surface area contributed by atoms with Crippen molar-refractivity contribution in [3.05, 3.63) is 35.9 Å². The molecular weight excluding hydrogens is 481 g/mol. The van der Waals surface area contributed by atoms with Crippen LogP contribution >= 0.6 is 24.0 Å². The molecule has 3 unspecified atom stereocenters. The second-order valence-corrected chi connectivity index (χ2v) is 7.21. The lowest BCUT2D eigenvalue weighted by Crippen LogP contribution is -2.40. The zero-order valence-corrected chi connectivity index (χ0v) is 20.9. The molecule has 1 aromatic rings. The lowest BCUT2D eigenvalue weighted by molar-refractivity contribution is 0.00111. The summed E-state index contributed by atoms with van der Waals surface area (Å²) in [5, 5.41) is 16.7. The molecule has 1 rings (SSSR count). The molecule has 0 saturated heterocycles. The van der Waals surface area contributed by atoms with Gasteiger partial charge in [0.2, 0.25) is 0 Å². The molecule has 0 fully saturated rings. The first kappa shape index (κ1) is 28.1. The molecule has 0 amide bonds. The summed E-state index contributed by atoms with van der Waals surface area (Å²) < 4.78 is 11.5. The van der Waals surface area contributed by atoms with Crippen molar-refractivity contribution in [1.82, 2.24) is 10.6 Å². The fourth-order valence-electron chi connectivity index (χ4n) is 2.82. The van der Waals surface area contributed by atoms with Gasteiger partial charge in [-0.15, -0.1) is 24.0 Å². The van der Waals surface area contributed by atoms with Crippen molar-refractivity contribution in [3.63, 3.8) is 0 Å². The summed E-state index contributed by atoms with van der Waals surface area (Å²) in [5.41, 5.74) is 1.10. The van der Waals surface area contributed by atoms with Crippen molar-refractivity contribution < 1.29 is 14.6 Å². The van der Waals surface area contributed by atoms with Crippen LogP contribution in [0.15, 0.2) is 35.3 Å². The minimum absolute atomic E-state index is 0. The Kier molecular flexibility index (Phi) is 16.3. The third-order valence-electron chi connectivity index (χ3n) is 4.46. The Morgan fingerprint density at radius 2 is 1.76 bits per heavy atom. The van der Waals surface area contributed by atoms with Crippen molar-refractivity contribution in [2.75, 3.05) is 32.8 Å². The van der Waals surface area contributed by atoms with E-state index in [-0.39, 0.29) is 49.3 Å². The highest BCUT2D eigenvalue weighted by atomic mass is 127. The van der Waals surface area contributed by atoms with Gasteiger partial charge in [0, 0.05) is 19.7 Å². The van der Waals surface area contributed by atoms with Crippen molar-refractivity contribution >= 4 is 29.9 Å². The van der Waals surface area contributed by atoms with E-state index in [2.05, 4.69) is 29.5 Å². The molecule has 0 aromatic heterocycles. The van der Waals surface area contributed by atoms with Crippen LogP contribution in [0.3, 0.4) is 0 Å². The van der Waals surface area contributed by atoms with Gasteiger partial charge in [-0.2, -0.15) is 0 Å². The van der Waals surface area contributed by atoms with Gasteiger partial charge in [-0.1, -0.05) is 44.2 Å². The predicted octanol–water partition coefficient (Wildman–Crippen LogP) is 3.75. The molecule has 0 aliphatic carbocycles. The number of halogens is 1. The van der Waals surface area contributed by atoms with Gasteiger partial charge in [-0.3, -0.25) is 4.99 Å². The Balaban J connectivity index is 0.00000784. The minimum Gasteiger partial charge on any atom is -0.389 e. The number of hydrogen-bond donors (Lipinski definition) is 3. The Hall–Kier alpha value is -0.900. The van der Waals surface area contributed by atoms with Gasteiger partial charge in [0.25, 0.3) is 0 Å². The summed E-state index contributed by atoms with van der Waals surface area (Å²) in [6.45, 7) is 13.2. The average molecular weight is 521 g/mol. The fraction of sp³-hybridized carbons (Fsp3) is 0.682. The number of aliphatic hydroxyl groups excluding tert-OH is 1. The molecule has 0 spiro atoms. The summed E-state index contributed by atoms with van der Waals surface area (Å²) in [5.74, 6) is 1.18. The quantitative estimate of drug-likeness (QED) is 0.210. The molecule has 168 valence electrons. The van der Waals surface area contributed by atoms with Gasteiger partial charge < -0.3 is 25.2 Å². The molecule has 0 aliphatic rings. The highest BCUT2D eigenvalue weighted by Crippen LogP contribution is 2.16. The van der Waals surface area contributed by atoms with Crippen LogP contribution in [0.25, 0.3) is 0 Å². The standard InChI is InChI=1S/C22H39N3O3.HI/c1-6-23-22(24-14-13-21(17(3)4)27-7-2)25-15-20(26)16-28-18(5)19-11-9-8-10-12-19;/h8-12,17-18,20-21,26H,6-7,13-16H2,1-5H3,(H2,23,24,25);1H. The minimum atomic E-state index is -0.645. The lowest BCUT2D eigenvalue weighted by Gasteiger charge is -2.21. The van der Waals surface area contributed by atoms with Gasteiger partial charge in [0.1, 0.15) is 0 Å². The Labute approximate surface area is 193 Å². The van der Waals surface area contributed by atoms with Gasteiger partial charge in [0.15, 0.2) is 5.96 Å². The van der Waals surface area contributed by atoms with E-state index in [1.165, 1.54) is 0 Å². The Morgan fingerprint density at radius 1 is 1.07 bits per heavy atom. The highest BCUT2D eigenvalue weighted by Gasteiger charge is 2.13. The first-order chi connectivity index (χ1) is 13.5. The van der Waals surface area contributed by atoms with Crippen LogP contribution < -0.4 is 10.6 Å². The molecule has 0 aliphatic heterocycles. The topological polar surface area (TPSA) is 75.1 Å². The van der Waals surface area contributed by atoms with Crippen molar-refractivity contribution in [3.8, 4) is 0 Å². The average Bonchev–Trinajstić information content (AvgIpc) is 2.69. The van der Waals surface area contributed by atoms with E-state index in [4.69, 9.17) is 9.47 Å². The first-order valence-corrected chi connectivity index (χ1v) is 10.5. The van der Waals surface area contributed by atoms with Crippen LogP contribution in [0, 0.1) is 5.92 Å². The van der Waals surface area contributed by atoms with Gasteiger partial charge in [0.05, 0.1) is 31.5 Å². The number of benzene rings is 1. The number of nitrogens with zero attached hydrogens (tertiary/aromatic N) is 1. The zero-order chi connectivity index (χ0) is 20.8. The Bertz CT molecular complexity index is 543. The summed E-state index contributed by atoms with van der Waals surface area (Å²) in [4.78, 5) is 4.48. The normalized spacial score (nSPS) is 14.8. The molecule has 3 atom stereocenters. The number of aliphatic imine (C=N–C) groups is 1. The third-order valence-corrected chi connectivity index (χ3v) is 4.46. The van der Waals surface area contributed by atoms with Crippen LogP contribution in [0.1, 0.15) is 52.7 Å². The predicted molar refractivity (Wildman–Crippen MR) is 131 cm³/mol. The highest BCUT2D eigenvalue weighted by molar-refractivity contribution is 14.0. The molecule has 3 N–H and O–H groups in total. The van der Waals surface area contributed by atoms with Crippen LogP contribution in [0.4, 0.5) is 0 Å². The van der Waals surface area contributed by atoms with E-state index in [1.54, 1.807) is 0 Å². The van der Waals surface area contributed by atoms with Crippen molar-refractivity contribution in [2.24, 2.45) is 10.9 Å². The molecule has 0 bridgehead atoms. The number of ether oxygens (including phenoxy) is 2. The third kappa shape index (κ3) is 12.4. The summed E-state index contributed by atoms with van der Waals surface area (Å²) in [7, 11) is 0. The van der Waals surface area contributed by atoms with Crippen LogP contribution in [-0.2, 0) is 9.47 Å². The van der Waals surface area contributed by atoms with Gasteiger partial charge in [-0.05, 0) is 38.7 Å². The number of aliphatic hydroxyl groups is 1.